The van der Waals surface area contributed by atoms with Crippen molar-refractivity contribution in [2.45, 2.75) is 17.9 Å². The van der Waals surface area contributed by atoms with Gasteiger partial charge in [-0.1, -0.05) is 30.3 Å². The Labute approximate surface area is 166 Å². The van der Waals surface area contributed by atoms with E-state index in [-0.39, 0.29) is 4.90 Å². The van der Waals surface area contributed by atoms with E-state index in [4.69, 9.17) is 9.47 Å². The molecule has 6 heteroatoms. The van der Waals surface area contributed by atoms with Crippen LogP contribution in [0.1, 0.15) is 18.5 Å². The van der Waals surface area contributed by atoms with Gasteiger partial charge in [0.05, 0.1) is 30.8 Å². The Morgan fingerprint density at radius 3 is 2.04 bits per heavy atom. The molecule has 5 nitrogen and oxygen atoms in total. The first-order valence-electron chi connectivity index (χ1n) is 8.85. The third-order valence-electron chi connectivity index (χ3n) is 4.55. The van der Waals surface area contributed by atoms with E-state index in [1.165, 1.54) is 4.31 Å². The molecule has 0 saturated heterocycles. The Morgan fingerprint density at radius 1 is 0.786 bits per heavy atom. The van der Waals surface area contributed by atoms with Crippen LogP contribution in [0.2, 0.25) is 0 Å². The lowest BCUT2D eigenvalue weighted by Crippen LogP contribution is -2.33. The molecule has 0 N–H and O–H groups in total. The van der Waals surface area contributed by atoms with E-state index in [2.05, 4.69) is 0 Å². The second kappa shape index (κ2) is 8.35. The molecule has 0 aromatic heterocycles. The fraction of sp³-hybridized carbons (Fsp3) is 0.182. The molecule has 28 heavy (non-hydrogen) atoms. The molecule has 3 rings (SSSR count). The maximum atomic E-state index is 13.5. The molecular formula is C22H23NO4S. The van der Waals surface area contributed by atoms with Crippen LogP contribution in [0.5, 0.6) is 11.5 Å². The molecular weight excluding hydrogens is 374 g/mol. The van der Waals surface area contributed by atoms with Gasteiger partial charge in [-0.05, 0) is 61.0 Å². The summed E-state index contributed by atoms with van der Waals surface area (Å²) >= 11 is 0. The van der Waals surface area contributed by atoms with Gasteiger partial charge in [0.25, 0.3) is 10.0 Å². The number of sulfonamides is 1. The van der Waals surface area contributed by atoms with Crippen LogP contribution in [-0.2, 0) is 10.0 Å². The van der Waals surface area contributed by atoms with Gasteiger partial charge in [-0.25, -0.2) is 8.42 Å². The Morgan fingerprint density at radius 2 is 1.43 bits per heavy atom. The number of methoxy groups -OCH3 is 2. The highest BCUT2D eigenvalue weighted by Gasteiger charge is 2.30. The van der Waals surface area contributed by atoms with Crippen molar-refractivity contribution in [3.8, 4) is 11.5 Å². The van der Waals surface area contributed by atoms with Crippen molar-refractivity contribution < 1.29 is 17.9 Å². The van der Waals surface area contributed by atoms with Crippen LogP contribution < -0.4 is 13.8 Å². The van der Waals surface area contributed by atoms with Crippen LogP contribution in [0.15, 0.2) is 83.8 Å². The summed E-state index contributed by atoms with van der Waals surface area (Å²) in [7, 11) is -0.624. The summed E-state index contributed by atoms with van der Waals surface area (Å²) in [6.45, 7) is 1.86. The average molecular weight is 397 g/mol. The van der Waals surface area contributed by atoms with Crippen molar-refractivity contribution in [2.24, 2.45) is 0 Å². The number of ether oxygens (including phenoxy) is 2. The summed E-state index contributed by atoms with van der Waals surface area (Å²) in [5, 5.41) is 0. The first-order chi connectivity index (χ1) is 13.5. The number of anilines is 1. The third kappa shape index (κ3) is 3.97. The van der Waals surface area contributed by atoms with Crippen molar-refractivity contribution in [2.75, 3.05) is 18.5 Å². The highest BCUT2D eigenvalue weighted by molar-refractivity contribution is 7.92. The monoisotopic (exact) mass is 397 g/mol. The topological polar surface area (TPSA) is 55.8 Å². The average Bonchev–Trinajstić information content (AvgIpc) is 2.75. The van der Waals surface area contributed by atoms with Crippen molar-refractivity contribution in [3.63, 3.8) is 0 Å². The largest absolute Gasteiger partial charge is 0.497 e. The molecule has 0 unspecified atom stereocenters. The van der Waals surface area contributed by atoms with Gasteiger partial charge in [0.15, 0.2) is 0 Å². The first-order valence-corrected chi connectivity index (χ1v) is 10.3. The lowest BCUT2D eigenvalue weighted by atomic mass is 10.1. The molecule has 0 bridgehead atoms. The van der Waals surface area contributed by atoms with Gasteiger partial charge in [-0.2, -0.15) is 0 Å². The Hall–Kier alpha value is -2.99. The minimum Gasteiger partial charge on any atom is -0.497 e. The van der Waals surface area contributed by atoms with Gasteiger partial charge < -0.3 is 9.47 Å². The zero-order valence-corrected chi connectivity index (χ0v) is 16.9. The van der Waals surface area contributed by atoms with E-state index >= 15 is 0 Å². The van der Waals surface area contributed by atoms with Gasteiger partial charge in [-0.3, -0.25) is 4.31 Å². The van der Waals surface area contributed by atoms with E-state index in [1.54, 1.807) is 68.8 Å². The smallest absolute Gasteiger partial charge is 0.264 e. The van der Waals surface area contributed by atoms with E-state index < -0.39 is 16.1 Å². The van der Waals surface area contributed by atoms with E-state index in [9.17, 15) is 8.42 Å². The fourth-order valence-corrected chi connectivity index (χ4v) is 4.71. The van der Waals surface area contributed by atoms with Crippen LogP contribution >= 0.6 is 0 Å². The fourth-order valence-electron chi connectivity index (χ4n) is 3.04. The second-order valence-corrected chi connectivity index (χ2v) is 8.08. The highest BCUT2D eigenvalue weighted by atomic mass is 32.2. The number of rotatable bonds is 7. The molecule has 3 aromatic carbocycles. The Bertz CT molecular complexity index is 1020. The zero-order chi connectivity index (χ0) is 20.1. The summed E-state index contributed by atoms with van der Waals surface area (Å²) in [6.07, 6.45) is 0. The van der Waals surface area contributed by atoms with Crippen molar-refractivity contribution in [3.05, 3.63) is 84.4 Å². The SMILES string of the molecule is COc1ccc(N([C@H](C)c2cccc(OC)c2)S(=O)(=O)c2ccccc2)cc1. The lowest BCUT2D eigenvalue weighted by molar-refractivity contribution is 0.414. The Kier molecular flexibility index (Phi) is 5.90. The van der Waals surface area contributed by atoms with Crippen LogP contribution in [0.4, 0.5) is 5.69 Å². The number of benzene rings is 3. The number of hydrogen-bond acceptors (Lipinski definition) is 4. The number of hydrogen-bond donors (Lipinski definition) is 0. The van der Waals surface area contributed by atoms with Crippen molar-refractivity contribution in [1.29, 1.82) is 0 Å². The molecule has 0 aliphatic heterocycles. The predicted molar refractivity (Wildman–Crippen MR) is 111 cm³/mol. The van der Waals surface area contributed by atoms with E-state index in [0.29, 0.717) is 17.2 Å². The Balaban J connectivity index is 2.13. The first kappa shape index (κ1) is 19.8. The zero-order valence-electron chi connectivity index (χ0n) is 16.1. The normalized spacial score (nSPS) is 12.2. The molecule has 0 heterocycles. The summed E-state index contributed by atoms with van der Waals surface area (Å²) < 4.78 is 39.0. The van der Waals surface area contributed by atoms with Gasteiger partial charge >= 0.3 is 0 Å². The molecule has 0 spiro atoms. The molecule has 0 fully saturated rings. The molecule has 0 aliphatic rings. The standard InChI is InChI=1S/C22H23NO4S/c1-17(18-8-7-9-21(16-18)27-3)23(19-12-14-20(26-2)15-13-19)28(24,25)22-10-5-4-6-11-22/h4-17H,1-3H3/t17-/m1/s1. The van der Waals surface area contributed by atoms with Crippen molar-refractivity contribution >= 4 is 15.7 Å². The molecule has 0 aliphatic carbocycles. The van der Waals surface area contributed by atoms with Crippen LogP contribution in [-0.4, -0.2) is 22.6 Å². The quantitative estimate of drug-likeness (QED) is 0.582. The molecule has 0 radical (unpaired) electrons. The minimum atomic E-state index is -3.79. The third-order valence-corrected chi connectivity index (χ3v) is 6.47. The second-order valence-electron chi connectivity index (χ2n) is 6.26. The highest BCUT2D eigenvalue weighted by Crippen LogP contribution is 2.35. The van der Waals surface area contributed by atoms with Gasteiger partial charge in [0, 0.05) is 0 Å². The maximum Gasteiger partial charge on any atom is 0.264 e. The van der Waals surface area contributed by atoms with Crippen LogP contribution in [0.25, 0.3) is 0 Å². The molecule has 0 saturated carbocycles. The summed E-state index contributed by atoms with van der Waals surface area (Å²) in [5.74, 6) is 1.34. The van der Waals surface area contributed by atoms with Gasteiger partial charge in [-0.15, -0.1) is 0 Å². The van der Waals surface area contributed by atoms with E-state index in [0.717, 1.165) is 5.56 Å². The van der Waals surface area contributed by atoms with Gasteiger partial charge in [0.1, 0.15) is 11.5 Å². The van der Waals surface area contributed by atoms with Crippen LogP contribution in [0.3, 0.4) is 0 Å². The van der Waals surface area contributed by atoms with E-state index in [1.807, 2.05) is 31.2 Å². The lowest BCUT2D eigenvalue weighted by Gasteiger charge is -2.31. The van der Waals surface area contributed by atoms with Crippen LogP contribution in [0, 0.1) is 0 Å². The summed E-state index contributed by atoms with van der Waals surface area (Å²) in [6, 6.07) is 22.4. The molecule has 146 valence electrons. The molecule has 1 atom stereocenters. The summed E-state index contributed by atoms with van der Waals surface area (Å²) in [4.78, 5) is 0.237. The maximum absolute atomic E-state index is 13.5. The minimum absolute atomic E-state index is 0.237. The number of nitrogens with zero attached hydrogens (tertiary/aromatic N) is 1. The predicted octanol–water partition coefficient (Wildman–Crippen LogP) is 4.66. The molecule has 0 amide bonds. The van der Waals surface area contributed by atoms with Gasteiger partial charge in [0.2, 0.25) is 0 Å². The molecule has 3 aromatic rings. The summed E-state index contributed by atoms with van der Waals surface area (Å²) in [5.41, 5.74) is 1.38. The van der Waals surface area contributed by atoms with Crippen molar-refractivity contribution in [1.82, 2.24) is 0 Å².